The van der Waals surface area contributed by atoms with Crippen LogP contribution in [0, 0.1) is 9.36 Å². The molecule has 5 rings (SSSR count). The Labute approximate surface area is 224 Å². The highest BCUT2D eigenvalue weighted by Crippen LogP contribution is 2.34. The Balaban J connectivity index is 1.39. The van der Waals surface area contributed by atoms with E-state index < -0.39 is 24.5 Å². The molecule has 3 aromatic carbocycles. The molecule has 1 saturated heterocycles. The second-order valence-electron chi connectivity index (χ2n) is 8.76. The van der Waals surface area contributed by atoms with E-state index in [1.54, 1.807) is 4.68 Å². The van der Waals surface area contributed by atoms with Crippen LogP contribution in [0.2, 0.25) is 0 Å². The standard InChI is InChI=1S/C28H29N3O4S2/c29-27-31(30-28(36)37-27)26-25(34-18-22-14-8-3-9-15-22)24(33-17-21-12-6-2-7-13-21)23(35-26)19-32-16-20-10-4-1-5-11-20/h1-15,23-26,29H,16-19H2,(H,30,36). The minimum atomic E-state index is -0.615. The molecule has 0 radical (unpaired) electrons. The maximum absolute atomic E-state index is 8.44. The summed E-state index contributed by atoms with van der Waals surface area (Å²) in [5.41, 5.74) is 3.18. The van der Waals surface area contributed by atoms with Gasteiger partial charge in [0.25, 0.3) is 0 Å². The molecule has 2 N–H and O–H groups in total. The lowest BCUT2D eigenvalue weighted by atomic mass is 10.1. The van der Waals surface area contributed by atoms with Crippen LogP contribution in [0.15, 0.2) is 91.0 Å². The highest BCUT2D eigenvalue weighted by Gasteiger charge is 2.48. The number of H-pyrrole nitrogens is 1. The average Bonchev–Trinajstić information content (AvgIpc) is 3.45. The van der Waals surface area contributed by atoms with E-state index in [1.165, 1.54) is 11.3 Å². The Morgan fingerprint density at radius 1 is 0.784 bits per heavy atom. The first-order valence-corrected chi connectivity index (χ1v) is 13.3. The van der Waals surface area contributed by atoms with Gasteiger partial charge in [0, 0.05) is 0 Å². The highest BCUT2D eigenvalue weighted by atomic mass is 32.1. The minimum Gasteiger partial charge on any atom is -0.374 e. The van der Waals surface area contributed by atoms with Crippen LogP contribution in [0.25, 0.3) is 0 Å². The highest BCUT2D eigenvalue weighted by molar-refractivity contribution is 7.73. The van der Waals surface area contributed by atoms with Gasteiger partial charge in [-0.2, -0.15) is 0 Å². The normalized spacial score (nSPS) is 21.3. The van der Waals surface area contributed by atoms with Gasteiger partial charge in [-0.1, -0.05) is 102 Å². The van der Waals surface area contributed by atoms with Crippen molar-refractivity contribution in [3.8, 4) is 0 Å². The number of nitrogens with one attached hydrogen (secondary N) is 2. The van der Waals surface area contributed by atoms with E-state index in [2.05, 4.69) is 5.10 Å². The monoisotopic (exact) mass is 535 g/mol. The summed E-state index contributed by atoms with van der Waals surface area (Å²) in [6, 6.07) is 30.0. The van der Waals surface area contributed by atoms with Gasteiger partial charge >= 0.3 is 0 Å². The Kier molecular flexibility index (Phi) is 8.72. The van der Waals surface area contributed by atoms with Crippen LogP contribution in [-0.2, 0) is 38.8 Å². The van der Waals surface area contributed by atoms with Crippen molar-refractivity contribution in [2.45, 2.75) is 44.4 Å². The molecule has 1 aliphatic rings. The van der Waals surface area contributed by atoms with E-state index >= 15 is 0 Å². The van der Waals surface area contributed by atoms with Crippen molar-refractivity contribution in [2.75, 3.05) is 6.61 Å². The first kappa shape index (κ1) is 25.7. The van der Waals surface area contributed by atoms with Gasteiger partial charge in [-0.05, 0) is 28.9 Å². The molecule has 1 aliphatic heterocycles. The third kappa shape index (κ3) is 6.70. The maximum atomic E-state index is 8.44. The summed E-state index contributed by atoms with van der Waals surface area (Å²) in [7, 11) is 0. The van der Waals surface area contributed by atoms with Crippen molar-refractivity contribution in [1.82, 2.24) is 9.78 Å². The van der Waals surface area contributed by atoms with E-state index in [9.17, 15) is 0 Å². The summed E-state index contributed by atoms with van der Waals surface area (Å²) in [6.45, 7) is 1.56. The number of aromatic amines is 1. The fraction of sp³-hybridized carbons (Fsp3) is 0.286. The average molecular weight is 536 g/mol. The first-order valence-electron chi connectivity index (χ1n) is 12.1. The van der Waals surface area contributed by atoms with Crippen LogP contribution in [0.5, 0.6) is 0 Å². The first-order chi connectivity index (χ1) is 18.2. The predicted octanol–water partition coefficient (Wildman–Crippen LogP) is 5.37. The van der Waals surface area contributed by atoms with E-state index in [0.717, 1.165) is 16.7 Å². The zero-order chi connectivity index (χ0) is 25.5. The molecule has 1 fully saturated rings. The van der Waals surface area contributed by atoms with Crippen molar-refractivity contribution in [3.05, 3.63) is 116 Å². The summed E-state index contributed by atoms with van der Waals surface area (Å²) in [5.74, 6) is 0. The molecule has 7 nitrogen and oxygen atoms in total. The minimum absolute atomic E-state index is 0.260. The summed E-state index contributed by atoms with van der Waals surface area (Å²) in [6.07, 6.45) is -1.95. The summed E-state index contributed by atoms with van der Waals surface area (Å²) >= 11 is 6.49. The molecule has 4 atom stereocenters. The second kappa shape index (κ2) is 12.6. The van der Waals surface area contributed by atoms with Gasteiger partial charge in [-0.3, -0.25) is 10.5 Å². The lowest BCUT2D eigenvalue weighted by Gasteiger charge is -2.25. The van der Waals surface area contributed by atoms with E-state index in [4.69, 9.17) is 36.6 Å². The molecular weight excluding hydrogens is 506 g/mol. The molecule has 0 amide bonds. The molecule has 0 bridgehead atoms. The number of aromatic nitrogens is 2. The number of hydrogen-bond acceptors (Lipinski definition) is 7. The Morgan fingerprint density at radius 2 is 1.30 bits per heavy atom. The maximum Gasteiger partial charge on any atom is 0.201 e. The van der Waals surface area contributed by atoms with Gasteiger partial charge in [0.15, 0.2) is 10.2 Å². The Bertz CT molecular complexity index is 1360. The SMILES string of the molecule is N=c1sc(=S)[nH]n1C1OC(COCc2ccccc2)C(OCc2ccccc2)C1OCc1ccccc1. The summed E-state index contributed by atoms with van der Waals surface area (Å²) in [5, 5.41) is 11.5. The topological polar surface area (TPSA) is 81.5 Å². The quantitative estimate of drug-likeness (QED) is 0.252. The van der Waals surface area contributed by atoms with Gasteiger partial charge in [-0.15, -0.1) is 0 Å². The van der Waals surface area contributed by atoms with Gasteiger partial charge in [0.2, 0.25) is 4.80 Å². The lowest BCUT2D eigenvalue weighted by Crippen LogP contribution is -2.39. The van der Waals surface area contributed by atoms with E-state index in [1.807, 2.05) is 91.0 Å². The van der Waals surface area contributed by atoms with Crippen molar-refractivity contribution in [3.63, 3.8) is 0 Å². The summed E-state index contributed by atoms with van der Waals surface area (Å²) in [4.78, 5) is 0.260. The van der Waals surface area contributed by atoms with Crippen LogP contribution >= 0.6 is 23.6 Å². The molecule has 2 heterocycles. The van der Waals surface area contributed by atoms with Crippen molar-refractivity contribution in [2.24, 2.45) is 0 Å². The lowest BCUT2D eigenvalue weighted by molar-refractivity contribution is -0.0941. The van der Waals surface area contributed by atoms with Crippen LogP contribution in [-0.4, -0.2) is 34.7 Å². The van der Waals surface area contributed by atoms with Crippen molar-refractivity contribution in [1.29, 1.82) is 5.41 Å². The fourth-order valence-electron chi connectivity index (χ4n) is 4.32. The zero-order valence-electron chi connectivity index (χ0n) is 20.2. The molecule has 37 heavy (non-hydrogen) atoms. The molecule has 192 valence electrons. The molecule has 1 aromatic heterocycles. The number of nitrogens with zero attached hydrogens (tertiary/aromatic N) is 1. The van der Waals surface area contributed by atoms with Gasteiger partial charge < -0.3 is 18.9 Å². The predicted molar refractivity (Wildman–Crippen MR) is 143 cm³/mol. The van der Waals surface area contributed by atoms with Crippen molar-refractivity contribution < 1.29 is 18.9 Å². The number of ether oxygens (including phenoxy) is 4. The van der Waals surface area contributed by atoms with Crippen LogP contribution in [0.1, 0.15) is 22.9 Å². The van der Waals surface area contributed by atoms with Gasteiger partial charge in [-0.25, -0.2) is 4.68 Å². The van der Waals surface area contributed by atoms with E-state index in [0.29, 0.717) is 30.4 Å². The van der Waals surface area contributed by atoms with Crippen LogP contribution in [0.4, 0.5) is 0 Å². The van der Waals surface area contributed by atoms with E-state index in [-0.39, 0.29) is 4.80 Å². The number of rotatable bonds is 11. The number of benzene rings is 3. The third-order valence-electron chi connectivity index (χ3n) is 6.12. The largest absolute Gasteiger partial charge is 0.374 e. The number of hydrogen-bond donors (Lipinski definition) is 2. The fourth-order valence-corrected chi connectivity index (χ4v) is 5.22. The second-order valence-corrected chi connectivity index (χ2v) is 10.4. The molecule has 9 heteroatoms. The van der Waals surface area contributed by atoms with Crippen LogP contribution < -0.4 is 4.80 Å². The molecule has 0 spiro atoms. The molecule has 4 aromatic rings. The Hall–Kier alpha value is -2.92. The third-order valence-corrected chi connectivity index (χ3v) is 7.13. The molecule has 4 unspecified atom stereocenters. The zero-order valence-corrected chi connectivity index (χ0v) is 21.8. The molecule has 0 aliphatic carbocycles. The smallest absolute Gasteiger partial charge is 0.201 e. The van der Waals surface area contributed by atoms with Gasteiger partial charge in [0.1, 0.15) is 18.3 Å². The van der Waals surface area contributed by atoms with Crippen molar-refractivity contribution >= 4 is 23.6 Å². The molecular formula is C28H29N3O4S2. The molecule has 0 saturated carbocycles. The Morgan fingerprint density at radius 3 is 1.81 bits per heavy atom. The van der Waals surface area contributed by atoms with Crippen LogP contribution in [0.3, 0.4) is 0 Å². The summed E-state index contributed by atoms with van der Waals surface area (Å²) < 4.78 is 27.6. The van der Waals surface area contributed by atoms with Gasteiger partial charge in [0.05, 0.1) is 26.4 Å².